The first-order valence-corrected chi connectivity index (χ1v) is 17.6. The Morgan fingerprint density at radius 3 is 1.39 bits per heavy atom. The minimum Gasteiger partial charge on any atom is -0.353 e. The molecule has 228 valence electrons. The Labute approximate surface area is 254 Å². The fourth-order valence-electron chi connectivity index (χ4n) is 7.09. The number of unbranched alkanes of at least 4 members (excludes halogenated alkanes) is 14. The fourth-order valence-corrected chi connectivity index (χ4v) is 7.09. The summed E-state index contributed by atoms with van der Waals surface area (Å²) < 4.78 is 0. The summed E-state index contributed by atoms with van der Waals surface area (Å²) in [7, 11) is 0. The van der Waals surface area contributed by atoms with Crippen molar-refractivity contribution in [1.29, 1.82) is 0 Å². The Kier molecular flexibility index (Phi) is 16.1. The lowest BCUT2D eigenvalue weighted by atomic mass is 9.78. The van der Waals surface area contributed by atoms with Crippen LogP contribution in [0.2, 0.25) is 0 Å². The van der Waals surface area contributed by atoms with Gasteiger partial charge in [0, 0.05) is 37.8 Å². The highest BCUT2D eigenvalue weighted by atomic mass is 15.4. The van der Waals surface area contributed by atoms with E-state index in [1.165, 1.54) is 114 Å². The van der Waals surface area contributed by atoms with E-state index in [1.54, 1.807) is 0 Å². The highest BCUT2D eigenvalue weighted by Crippen LogP contribution is 2.45. The monoisotopic (exact) mass is 558 g/mol. The quantitative estimate of drug-likeness (QED) is 0.125. The molecule has 0 bridgehead atoms. The second-order valence-corrected chi connectivity index (χ2v) is 12.5. The van der Waals surface area contributed by atoms with Gasteiger partial charge in [-0.05, 0) is 30.4 Å². The molecule has 1 aliphatic rings. The van der Waals surface area contributed by atoms with Crippen molar-refractivity contribution in [2.24, 2.45) is 0 Å². The van der Waals surface area contributed by atoms with E-state index in [2.05, 4.69) is 104 Å². The van der Waals surface area contributed by atoms with Gasteiger partial charge >= 0.3 is 0 Å². The van der Waals surface area contributed by atoms with Crippen LogP contribution < -0.4 is 0 Å². The standard InChI is InChI=1S/C39H62N2/c1-4-7-9-11-12-13-14-15-16-17-18-26-32-41-34-33-40(31-25-10-8-5-2)39(41,35-36-27-21-19-22-28-36)38(6-3)37-29-23-20-24-30-37/h19-24,27-30,33-34,38H,4-18,25-26,31-32,35H2,1-3H3. The van der Waals surface area contributed by atoms with Crippen LogP contribution in [-0.4, -0.2) is 28.6 Å². The van der Waals surface area contributed by atoms with Crippen LogP contribution in [0.4, 0.5) is 0 Å². The third-order valence-electron chi connectivity index (χ3n) is 9.40. The average Bonchev–Trinajstić information content (AvgIpc) is 3.34. The normalized spacial score (nSPS) is 17.4. The smallest absolute Gasteiger partial charge is 0.123 e. The summed E-state index contributed by atoms with van der Waals surface area (Å²) in [5.74, 6) is 0.447. The van der Waals surface area contributed by atoms with Gasteiger partial charge in [-0.3, -0.25) is 0 Å². The van der Waals surface area contributed by atoms with E-state index in [1.807, 2.05) is 0 Å². The molecule has 0 N–H and O–H groups in total. The lowest BCUT2D eigenvalue weighted by molar-refractivity contribution is -0.00377. The zero-order chi connectivity index (χ0) is 29.0. The maximum Gasteiger partial charge on any atom is 0.123 e. The van der Waals surface area contributed by atoms with Gasteiger partial charge in [-0.1, -0.05) is 171 Å². The van der Waals surface area contributed by atoms with E-state index in [4.69, 9.17) is 0 Å². The summed E-state index contributed by atoms with van der Waals surface area (Å²) in [6.45, 7) is 9.31. The number of hydrogen-bond acceptors (Lipinski definition) is 2. The molecule has 3 rings (SSSR count). The first-order chi connectivity index (χ1) is 20.3. The molecule has 2 atom stereocenters. The van der Waals surface area contributed by atoms with Gasteiger partial charge in [-0.25, -0.2) is 0 Å². The molecule has 41 heavy (non-hydrogen) atoms. The molecule has 2 unspecified atom stereocenters. The van der Waals surface area contributed by atoms with Gasteiger partial charge in [0.25, 0.3) is 0 Å². The van der Waals surface area contributed by atoms with Gasteiger partial charge in [0.1, 0.15) is 5.66 Å². The molecular weight excluding hydrogens is 496 g/mol. The van der Waals surface area contributed by atoms with Crippen LogP contribution in [0.15, 0.2) is 73.1 Å². The van der Waals surface area contributed by atoms with Crippen LogP contribution in [0.3, 0.4) is 0 Å². The third-order valence-corrected chi connectivity index (χ3v) is 9.40. The van der Waals surface area contributed by atoms with Crippen molar-refractivity contribution >= 4 is 0 Å². The molecule has 1 heterocycles. The summed E-state index contributed by atoms with van der Waals surface area (Å²) >= 11 is 0. The van der Waals surface area contributed by atoms with E-state index in [-0.39, 0.29) is 5.66 Å². The highest BCUT2D eigenvalue weighted by molar-refractivity contribution is 5.30. The molecule has 2 aromatic rings. The molecule has 1 aliphatic heterocycles. The van der Waals surface area contributed by atoms with Crippen molar-refractivity contribution in [3.63, 3.8) is 0 Å². The number of rotatable bonds is 23. The number of hydrogen-bond donors (Lipinski definition) is 0. The van der Waals surface area contributed by atoms with Crippen molar-refractivity contribution < 1.29 is 0 Å². The molecule has 0 spiro atoms. The minimum atomic E-state index is -0.0541. The van der Waals surface area contributed by atoms with Crippen LogP contribution in [0, 0.1) is 0 Å². The van der Waals surface area contributed by atoms with Gasteiger partial charge in [-0.15, -0.1) is 0 Å². The molecule has 0 saturated heterocycles. The van der Waals surface area contributed by atoms with Gasteiger partial charge < -0.3 is 9.80 Å². The minimum absolute atomic E-state index is 0.0541. The summed E-state index contributed by atoms with van der Waals surface area (Å²) in [5, 5.41) is 0. The Morgan fingerprint density at radius 2 is 0.927 bits per heavy atom. The first kappa shape index (κ1) is 33.3. The molecule has 0 aromatic heterocycles. The first-order valence-electron chi connectivity index (χ1n) is 17.6. The zero-order valence-electron chi connectivity index (χ0n) is 27.0. The number of nitrogens with zero attached hydrogens (tertiary/aromatic N) is 2. The molecule has 0 radical (unpaired) electrons. The second kappa shape index (κ2) is 19.8. The second-order valence-electron chi connectivity index (χ2n) is 12.5. The van der Waals surface area contributed by atoms with E-state index >= 15 is 0 Å². The maximum absolute atomic E-state index is 2.76. The topological polar surface area (TPSA) is 6.48 Å². The van der Waals surface area contributed by atoms with Crippen molar-refractivity contribution in [2.45, 2.75) is 148 Å². The molecule has 2 nitrogen and oxygen atoms in total. The van der Waals surface area contributed by atoms with Gasteiger partial charge in [0.05, 0.1) is 0 Å². The fraction of sp³-hybridized carbons (Fsp3) is 0.641. The molecule has 2 aromatic carbocycles. The van der Waals surface area contributed by atoms with Crippen LogP contribution >= 0.6 is 0 Å². The lowest BCUT2D eigenvalue weighted by Gasteiger charge is -2.51. The largest absolute Gasteiger partial charge is 0.353 e. The Morgan fingerprint density at radius 1 is 0.512 bits per heavy atom. The van der Waals surface area contributed by atoms with Crippen LogP contribution in [0.25, 0.3) is 0 Å². The van der Waals surface area contributed by atoms with Crippen LogP contribution in [0.5, 0.6) is 0 Å². The Balaban J connectivity index is 1.67. The maximum atomic E-state index is 2.76. The van der Waals surface area contributed by atoms with Crippen molar-refractivity contribution in [3.05, 3.63) is 84.2 Å². The van der Waals surface area contributed by atoms with Gasteiger partial charge in [0.2, 0.25) is 0 Å². The van der Waals surface area contributed by atoms with Crippen LogP contribution in [-0.2, 0) is 6.42 Å². The molecule has 0 amide bonds. The van der Waals surface area contributed by atoms with Gasteiger partial charge in [-0.2, -0.15) is 0 Å². The Bertz CT molecular complexity index is 923. The van der Waals surface area contributed by atoms with Crippen molar-refractivity contribution in [1.82, 2.24) is 9.80 Å². The summed E-state index contributed by atoms with van der Waals surface area (Å²) in [4.78, 5) is 5.51. The third kappa shape index (κ3) is 10.5. The van der Waals surface area contributed by atoms with E-state index in [9.17, 15) is 0 Å². The molecule has 0 aliphatic carbocycles. The molecule has 0 fully saturated rings. The number of benzene rings is 2. The summed E-state index contributed by atoms with van der Waals surface area (Å²) in [6.07, 6.45) is 29.1. The van der Waals surface area contributed by atoms with E-state index < -0.39 is 0 Å². The predicted molar refractivity (Wildman–Crippen MR) is 180 cm³/mol. The van der Waals surface area contributed by atoms with E-state index in [0.29, 0.717) is 5.92 Å². The summed E-state index contributed by atoms with van der Waals surface area (Å²) in [5.41, 5.74) is 2.87. The Hall–Kier alpha value is -2.22. The lowest BCUT2D eigenvalue weighted by Crippen LogP contribution is -2.59. The summed E-state index contributed by atoms with van der Waals surface area (Å²) in [6, 6.07) is 22.7. The van der Waals surface area contributed by atoms with Gasteiger partial charge in [0.15, 0.2) is 0 Å². The molecule has 2 heteroatoms. The van der Waals surface area contributed by atoms with Crippen molar-refractivity contribution in [2.75, 3.05) is 13.1 Å². The predicted octanol–water partition coefficient (Wildman–Crippen LogP) is 11.5. The highest BCUT2D eigenvalue weighted by Gasteiger charge is 2.49. The molecule has 0 saturated carbocycles. The van der Waals surface area contributed by atoms with Crippen LogP contribution in [0.1, 0.15) is 147 Å². The zero-order valence-corrected chi connectivity index (χ0v) is 27.0. The average molecular weight is 559 g/mol. The van der Waals surface area contributed by atoms with E-state index in [0.717, 1.165) is 25.9 Å². The SMILES string of the molecule is CCCCCCCCCCCCCCN1C=CN(CCCCCC)C1(Cc1ccccc1)C(CC)c1ccccc1. The molecular formula is C39H62N2. The van der Waals surface area contributed by atoms with Crippen molar-refractivity contribution in [3.8, 4) is 0 Å².